The van der Waals surface area contributed by atoms with E-state index in [2.05, 4.69) is 46.6 Å². The summed E-state index contributed by atoms with van der Waals surface area (Å²) in [7, 11) is 2.22. The topological polar surface area (TPSA) is 40.3 Å². The largest absolute Gasteiger partial charge is 0.365 e. The number of hydrogen-bond donors (Lipinski definition) is 2. The van der Waals surface area contributed by atoms with Gasteiger partial charge in [0.05, 0.1) is 13.3 Å². The Hall–Kier alpha value is -1.36. The van der Waals surface area contributed by atoms with Gasteiger partial charge in [0.2, 0.25) is 0 Å². The van der Waals surface area contributed by atoms with Crippen LogP contribution in [0.15, 0.2) is 24.4 Å². The predicted octanol–water partition coefficient (Wildman–Crippen LogP) is 2.47. The highest BCUT2D eigenvalue weighted by molar-refractivity contribution is 5.84. The van der Waals surface area contributed by atoms with E-state index < -0.39 is 0 Å². The van der Waals surface area contributed by atoms with Crippen LogP contribution in [0.4, 0.5) is 0 Å². The Balaban J connectivity index is 1.59. The Kier molecular flexibility index (Phi) is 3.90. The van der Waals surface area contributed by atoms with Crippen LogP contribution in [-0.4, -0.2) is 49.4 Å². The van der Waals surface area contributed by atoms with Crippen LogP contribution in [0, 0.1) is 0 Å². The molecule has 1 aromatic heterocycles. The van der Waals surface area contributed by atoms with Crippen molar-refractivity contribution in [1.29, 1.82) is 0 Å². The summed E-state index contributed by atoms with van der Waals surface area (Å²) < 4.78 is 5.41. The first-order valence-corrected chi connectivity index (χ1v) is 8.39. The Morgan fingerprint density at radius 2 is 2.14 bits per heavy atom. The molecule has 4 heteroatoms. The van der Waals surface area contributed by atoms with E-state index in [0.717, 1.165) is 13.0 Å². The van der Waals surface area contributed by atoms with Crippen LogP contribution >= 0.6 is 0 Å². The van der Waals surface area contributed by atoms with Crippen LogP contribution in [-0.2, 0) is 11.2 Å². The summed E-state index contributed by atoms with van der Waals surface area (Å²) in [5, 5.41) is 4.82. The van der Waals surface area contributed by atoms with Gasteiger partial charge in [0.25, 0.3) is 0 Å². The number of nitrogens with one attached hydrogen (secondary N) is 2. The Morgan fingerprint density at radius 1 is 1.27 bits per heavy atom. The van der Waals surface area contributed by atoms with Gasteiger partial charge in [-0.1, -0.05) is 6.07 Å². The lowest BCUT2D eigenvalue weighted by molar-refractivity contribution is 0.189. The van der Waals surface area contributed by atoms with Crippen LogP contribution in [0.2, 0.25) is 0 Å². The molecule has 1 aromatic carbocycles. The van der Waals surface area contributed by atoms with E-state index in [1.165, 1.54) is 48.0 Å². The minimum absolute atomic E-state index is 0.461. The maximum atomic E-state index is 5.41. The highest BCUT2D eigenvalue weighted by Gasteiger charge is 2.21. The second kappa shape index (κ2) is 6.03. The third-order valence-corrected chi connectivity index (χ3v) is 5.21. The molecule has 2 aromatic rings. The highest BCUT2D eigenvalue weighted by atomic mass is 16.5. The summed E-state index contributed by atoms with van der Waals surface area (Å²) in [6.45, 7) is 3.94. The molecule has 118 valence electrons. The number of H-pyrrole nitrogens is 1. The van der Waals surface area contributed by atoms with Crippen molar-refractivity contribution in [3.63, 3.8) is 0 Å². The van der Waals surface area contributed by atoms with Gasteiger partial charge in [0, 0.05) is 23.1 Å². The van der Waals surface area contributed by atoms with Crippen molar-refractivity contribution >= 4 is 10.9 Å². The highest BCUT2D eigenvalue weighted by Crippen LogP contribution is 2.33. The summed E-state index contributed by atoms with van der Waals surface area (Å²) >= 11 is 0. The third kappa shape index (κ3) is 2.78. The Morgan fingerprint density at radius 3 is 2.91 bits per heavy atom. The minimum Gasteiger partial charge on any atom is -0.365 e. The quantitative estimate of drug-likeness (QED) is 0.914. The molecule has 3 heterocycles. The van der Waals surface area contributed by atoms with Gasteiger partial charge in [-0.25, -0.2) is 0 Å². The Bertz CT molecular complexity index is 637. The van der Waals surface area contributed by atoms with Crippen molar-refractivity contribution < 1.29 is 4.74 Å². The molecule has 2 aliphatic rings. The normalized spacial score (nSPS) is 24.3. The molecule has 1 atom stereocenters. The van der Waals surface area contributed by atoms with Gasteiger partial charge in [-0.15, -0.1) is 0 Å². The summed E-state index contributed by atoms with van der Waals surface area (Å²) in [6, 6.07) is 7.33. The van der Waals surface area contributed by atoms with Crippen molar-refractivity contribution in [2.45, 2.75) is 31.2 Å². The first kappa shape index (κ1) is 14.2. The monoisotopic (exact) mass is 299 g/mol. The average Bonchev–Trinajstić information content (AvgIpc) is 3.17. The maximum Gasteiger partial charge on any atom is 0.0969 e. The van der Waals surface area contributed by atoms with Crippen LogP contribution < -0.4 is 5.32 Å². The lowest BCUT2D eigenvalue weighted by Crippen LogP contribution is -2.29. The number of ether oxygens (including phenoxy) is 1. The number of likely N-dealkylation sites (tertiary alicyclic amines) is 1. The van der Waals surface area contributed by atoms with Crippen molar-refractivity contribution in [3.8, 4) is 0 Å². The van der Waals surface area contributed by atoms with Crippen LogP contribution in [0.3, 0.4) is 0 Å². The van der Waals surface area contributed by atoms with Crippen molar-refractivity contribution in [1.82, 2.24) is 15.2 Å². The van der Waals surface area contributed by atoms with Gasteiger partial charge in [-0.2, -0.15) is 0 Å². The zero-order valence-electron chi connectivity index (χ0n) is 13.3. The van der Waals surface area contributed by atoms with E-state index in [0.29, 0.717) is 18.7 Å². The second-order valence-electron chi connectivity index (χ2n) is 6.82. The van der Waals surface area contributed by atoms with Crippen molar-refractivity contribution in [2.75, 3.05) is 33.5 Å². The number of hydrogen-bond acceptors (Lipinski definition) is 3. The van der Waals surface area contributed by atoms with E-state index in [-0.39, 0.29) is 0 Å². The molecule has 4 rings (SSSR count). The minimum atomic E-state index is 0.461. The van der Waals surface area contributed by atoms with Gasteiger partial charge in [0.1, 0.15) is 0 Å². The molecule has 0 spiro atoms. The Labute approximate surface area is 131 Å². The molecule has 2 fully saturated rings. The third-order valence-electron chi connectivity index (χ3n) is 5.21. The van der Waals surface area contributed by atoms with Gasteiger partial charge in [-0.05, 0) is 68.6 Å². The predicted molar refractivity (Wildman–Crippen MR) is 89.2 cm³/mol. The molecule has 0 bridgehead atoms. The van der Waals surface area contributed by atoms with Crippen LogP contribution in [0.1, 0.15) is 29.9 Å². The molecule has 0 saturated carbocycles. The summed E-state index contributed by atoms with van der Waals surface area (Å²) in [5.41, 5.74) is 4.19. The molecule has 22 heavy (non-hydrogen) atoms. The first-order chi connectivity index (χ1) is 10.8. The molecule has 0 amide bonds. The average molecular weight is 299 g/mol. The fourth-order valence-corrected chi connectivity index (χ4v) is 3.83. The number of benzene rings is 1. The fourth-order valence-electron chi connectivity index (χ4n) is 3.83. The molecular weight excluding hydrogens is 274 g/mol. The van der Waals surface area contributed by atoms with Gasteiger partial charge in [-0.3, -0.25) is 5.32 Å². The van der Waals surface area contributed by atoms with Crippen LogP contribution in [0.25, 0.3) is 10.9 Å². The molecule has 0 radical (unpaired) electrons. The lowest BCUT2D eigenvalue weighted by atomic mass is 9.89. The number of nitrogens with zero attached hydrogens (tertiary/aromatic N) is 1. The van der Waals surface area contributed by atoms with E-state index >= 15 is 0 Å². The van der Waals surface area contributed by atoms with Crippen molar-refractivity contribution in [2.24, 2.45) is 0 Å². The smallest absolute Gasteiger partial charge is 0.0969 e. The van der Waals surface area contributed by atoms with E-state index in [1.807, 2.05) is 0 Å². The van der Waals surface area contributed by atoms with Crippen LogP contribution in [0.5, 0.6) is 0 Å². The molecule has 4 nitrogen and oxygen atoms in total. The maximum absolute atomic E-state index is 5.41. The van der Waals surface area contributed by atoms with E-state index in [4.69, 9.17) is 4.74 Å². The zero-order valence-corrected chi connectivity index (χ0v) is 13.3. The summed E-state index contributed by atoms with van der Waals surface area (Å²) in [4.78, 5) is 5.90. The second-order valence-corrected chi connectivity index (χ2v) is 6.82. The zero-order chi connectivity index (χ0) is 14.9. The van der Waals surface area contributed by atoms with Crippen molar-refractivity contribution in [3.05, 3.63) is 35.5 Å². The molecule has 0 aliphatic carbocycles. The van der Waals surface area contributed by atoms with Gasteiger partial charge in [0.15, 0.2) is 0 Å². The molecule has 2 aliphatic heterocycles. The fraction of sp³-hybridized carbons (Fsp3) is 0.556. The SMILES string of the molecule is CN1CCC(c2c[nH]c3ccc(CC4COCN4)cc23)CC1. The summed E-state index contributed by atoms with van der Waals surface area (Å²) in [6.07, 6.45) is 5.83. The molecule has 2 saturated heterocycles. The number of fused-ring (bicyclic) bond motifs is 1. The summed E-state index contributed by atoms with van der Waals surface area (Å²) in [5.74, 6) is 0.702. The van der Waals surface area contributed by atoms with Gasteiger partial charge < -0.3 is 14.6 Å². The van der Waals surface area contributed by atoms with Gasteiger partial charge >= 0.3 is 0 Å². The number of rotatable bonds is 3. The number of aromatic nitrogens is 1. The molecule has 2 N–H and O–H groups in total. The molecular formula is C18H25N3O. The number of piperidine rings is 1. The van der Waals surface area contributed by atoms with E-state index in [9.17, 15) is 0 Å². The lowest BCUT2D eigenvalue weighted by Gasteiger charge is -2.28. The standard InChI is InChI=1S/C18H25N3O/c1-21-6-4-14(5-7-21)17-10-19-18-3-2-13(9-16(17)18)8-15-11-22-12-20-15/h2-3,9-10,14-15,19-20H,4-8,11-12H2,1H3. The van der Waals surface area contributed by atoms with E-state index in [1.54, 1.807) is 0 Å². The molecule has 1 unspecified atom stereocenters. The number of aromatic amines is 1. The first-order valence-electron chi connectivity index (χ1n) is 8.39.